The summed E-state index contributed by atoms with van der Waals surface area (Å²) < 4.78 is 1.45. The van der Waals surface area contributed by atoms with Gasteiger partial charge in [-0.15, -0.1) is 0 Å². The second-order valence-corrected chi connectivity index (χ2v) is 7.72. The summed E-state index contributed by atoms with van der Waals surface area (Å²) in [5.74, 6) is -0.681. The van der Waals surface area contributed by atoms with Crippen molar-refractivity contribution in [2.45, 2.75) is 33.2 Å². The minimum Gasteiger partial charge on any atom is -0.352 e. The van der Waals surface area contributed by atoms with E-state index in [-0.39, 0.29) is 12.0 Å². The van der Waals surface area contributed by atoms with Crippen LogP contribution in [0.3, 0.4) is 0 Å². The second-order valence-electron chi connectivity index (χ2n) is 7.72. The fraction of sp³-hybridized carbons (Fsp3) is 0.450. The van der Waals surface area contributed by atoms with Crippen LogP contribution in [0.25, 0.3) is 5.65 Å². The molecule has 2 aliphatic rings. The molecule has 2 aliphatic heterocycles. The van der Waals surface area contributed by atoms with E-state index in [9.17, 15) is 19.2 Å². The van der Waals surface area contributed by atoms with Crippen molar-refractivity contribution in [3.05, 3.63) is 39.8 Å². The zero-order valence-corrected chi connectivity index (χ0v) is 17.1. The van der Waals surface area contributed by atoms with Gasteiger partial charge in [-0.05, 0) is 32.4 Å². The van der Waals surface area contributed by atoms with E-state index in [1.54, 1.807) is 19.2 Å². The summed E-state index contributed by atoms with van der Waals surface area (Å²) in [6.45, 7) is 5.99. The molecule has 0 unspecified atom stereocenters. The van der Waals surface area contributed by atoms with Gasteiger partial charge in [-0.1, -0.05) is 6.07 Å². The highest BCUT2D eigenvalue weighted by molar-refractivity contribution is 6.20. The molecule has 4 heterocycles. The predicted octanol–water partition coefficient (Wildman–Crippen LogP) is 0.811. The minimum absolute atomic E-state index is 0.0949. The third-order valence-electron chi connectivity index (χ3n) is 6.32. The summed E-state index contributed by atoms with van der Waals surface area (Å²) in [5.41, 5.74) is -0.152. The van der Waals surface area contributed by atoms with E-state index in [1.165, 1.54) is 18.5 Å². The summed E-state index contributed by atoms with van der Waals surface area (Å²) in [6.07, 6.45) is 1.54. The standard InChI is InChI=1S/C20H23N5O4/c1-6-24-12(3)20(17(27)22(4)19(29)23(5)18(20)28)10-13-15(24)21-14-11(2)8-7-9-25(14)16(13)26/h7-9,12H,6,10H2,1-5H3/t12-/m1/s1. The molecule has 9 heteroatoms. The highest BCUT2D eigenvalue weighted by Gasteiger charge is 2.62. The van der Waals surface area contributed by atoms with Gasteiger partial charge in [0.15, 0.2) is 5.41 Å². The van der Waals surface area contributed by atoms with Crippen LogP contribution in [-0.2, 0) is 16.0 Å². The average molecular weight is 397 g/mol. The quantitative estimate of drug-likeness (QED) is 0.661. The van der Waals surface area contributed by atoms with Gasteiger partial charge in [-0.2, -0.15) is 0 Å². The van der Waals surface area contributed by atoms with E-state index in [1.807, 2.05) is 24.8 Å². The first-order valence-corrected chi connectivity index (χ1v) is 9.54. The zero-order valence-electron chi connectivity index (χ0n) is 17.1. The Labute approximate surface area is 167 Å². The molecule has 1 spiro atoms. The van der Waals surface area contributed by atoms with Crippen LogP contribution in [0.15, 0.2) is 23.1 Å². The number of aryl methyl sites for hydroxylation is 1. The molecule has 1 atom stereocenters. The summed E-state index contributed by atoms with van der Waals surface area (Å²) in [5, 5.41) is 0. The zero-order chi connectivity index (χ0) is 21.2. The highest BCUT2D eigenvalue weighted by atomic mass is 16.2. The van der Waals surface area contributed by atoms with E-state index in [0.29, 0.717) is 23.6 Å². The maximum Gasteiger partial charge on any atom is 0.332 e. The number of barbiturate groups is 1. The summed E-state index contributed by atoms with van der Waals surface area (Å²) >= 11 is 0. The van der Waals surface area contributed by atoms with E-state index in [0.717, 1.165) is 15.4 Å². The minimum atomic E-state index is -1.56. The van der Waals surface area contributed by atoms with Crippen molar-refractivity contribution in [2.75, 3.05) is 25.5 Å². The molecule has 0 aliphatic carbocycles. The van der Waals surface area contributed by atoms with Gasteiger partial charge in [-0.25, -0.2) is 9.78 Å². The number of anilines is 1. The van der Waals surface area contributed by atoms with Gasteiger partial charge in [0, 0.05) is 33.3 Å². The smallest absolute Gasteiger partial charge is 0.332 e. The SMILES string of the molecule is CCN1c2nc3c(C)cccn3c(=O)c2CC2(C(=O)N(C)C(=O)N(C)C2=O)[C@H]1C. The van der Waals surface area contributed by atoms with Gasteiger partial charge in [-0.3, -0.25) is 28.6 Å². The first-order chi connectivity index (χ1) is 13.7. The largest absolute Gasteiger partial charge is 0.352 e. The van der Waals surface area contributed by atoms with Crippen molar-refractivity contribution in [1.29, 1.82) is 0 Å². The van der Waals surface area contributed by atoms with Crippen molar-refractivity contribution in [2.24, 2.45) is 5.41 Å². The van der Waals surface area contributed by atoms with Crippen LogP contribution >= 0.6 is 0 Å². The second kappa shape index (κ2) is 6.13. The fourth-order valence-electron chi connectivity index (χ4n) is 4.61. The van der Waals surface area contributed by atoms with Crippen molar-refractivity contribution in [1.82, 2.24) is 19.2 Å². The molecule has 0 radical (unpaired) electrons. The molecule has 0 saturated carbocycles. The Balaban J connectivity index is 2.03. The summed E-state index contributed by atoms with van der Waals surface area (Å²) in [6, 6.07) is 2.39. The van der Waals surface area contributed by atoms with E-state index >= 15 is 0 Å². The molecular weight excluding hydrogens is 374 g/mol. The molecule has 4 rings (SSSR count). The average Bonchev–Trinajstić information content (AvgIpc) is 2.71. The molecule has 1 saturated heterocycles. The third-order valence-corrected chi connectivity index (χ3v) is 6.32. The predicted molar refractivity (Wildman–Crippen MR) is 106 cm³/mol. The normalized spacial score (nSPS) is 21.3. The van der Waals surface area contributed by atoms with Crippen LogP contribution in [0.1, 0.15) is 25.0 Å². The van der Waals surface area contributed by atoms with Crippen LogP contribution in [0.4, 0.5) is 10.6 Å². The van der Waals surface area contributed by atoms with Crippen molar-refractivity contribution in [3.8, 4) is 0 Å². The Hall–Kier alpha value is -3.23. The van der Waals surface area contributed by atoms with Crippen molar-refractivity contribution < 1.29 is 14.4 Å². The maximum absolute atomic E-state index is 13.3. The van der Waals surface area contributed by atoms with Gasteiger partial charge in [0.2, 0.25) is 11.8 Å². The van der Waals surface area contributed by atoms with Crippen molar-refractivity contribution >= 4 is 29.3 Å². The molecule has 2 aromatic rings. The van der Waals surface area contributed by atoms with E-state index in [4.69, 9.17) is 4.98 Å². The monoisotopic (exact) mass is 397 g/mol. The lowest BCUT2D eigenvalue weighted by Gasteiger charge is -2.50. The molecule has 9 nitrogen and oxygen atoms in total. The number of fused-ring (bicyclic) bond motifs is 2. The van der Waals surface area contributed by atoms with Crippen LogP contribution in [-0.4, -0.2) is 63.7 Å². The molecule has 29 heavy (non-hydrogen) atoms. The molecule has 4 amide bonds. The third kappa shape index (κ3) is 2.24. The van der Waals surface area contributed by atoms with Gasteiger partial charge < -0.3 is 4.90 Å². The van der Waals surface area contributed by atoms with Crippen LogP contribution in [0, 0.1) is 12.3 Å². The summed E-state index contributed by atoms with van der Waals surface area (Å²) in [4.78, 5) is 60.7. The lowest BCUT2D eigenvalue weighted by Crippen LogP contribution is -2.71. The molecular formula is C20H23N5O4. The van der Waals surface area contributed by atoms with Gasteiger partial charge in [0.1, 0.15) is 11.5 Å². The number of aromatic nitrogens is 2. The Morgan fingerprint density at radius 3 is 2.34 bits per heavy atom. The Morgan fingerprint density at radius 1 is 1.14 bits per heavy atom. The Morgan fingerprint density at radius 2 is 1.76 bits per heavy atom. The number of rotatable bonds is 1. The number of nitrogens with zero attached hydrogens (tertiary/aromatic N) is 5. The Kier molecular flexibility index (Phi) is 4.04. The van der Waals surface area contributed by atoms with E-state index < -0.39 is 29.3 Å². The molecule has 0 N–H and O–H groups in total. The fourth-order valence-corrected chi connectivity index (χ4v) is 4.61. The molecule has 0 bridgehead atoms. The van der Waals surface area contributed by atoms with Crippen LogP contribution < -0.4 is 10.5 Å². The molecule has 2 aromatic heterocycles. The Bertz CT molecular complexity index is 1110. The van der Waals surface area contributed by atoms with Crippen LogP contribution in [0.5, 0.6) is 0 Å². The number of pyridine rings is 1. The summed E-state index contributed by atoms with van der Waals surface area (Å²) in [7, 11) is 2.73. The van der Waals surface area contributed by atoms with Gasteiger partial charge in [0.05, 0.1) is 11.6 Å². The number of amides is 4. The molecule has 152 valence electrons. The van der Waals surface area contributed by atoms with E-state index in [2.05, 4.69) is 0 Å². The van der Waals surface area contributed by atoms with Crippen molar-refractivity contribution in [3.63, 3.8) is 0 Å². The molecule has 1 fully saturated rings. The number of hydrogen-bond donors (Lipinski definition) is 0. The number of urea groups is 1. The first-order valence-electron chi connectivity index (χ1n) is 9.54. The molecule has 0 aromatic carbocycles. The lowest BCUT2D eigenvalue weighted by atomic mass is 9.69. The van der Waals surface area contributed by atoms with Crippen LogP contribution in [0.2, 0.25) is 0 Å². The topological polar surface area (TPSA) is 95.3 Å². The first kappa shape index (κ1) is 19.1. The number of hydrogen-bond acceptors (Lipinski definition) is 6. The number of carbonyl (C=O) groups excluding carboxylic acids is 3. The highest BCUT2D eigenvalue weighted by Crippen LogP contribution is 2.43. The van der Waals surface area contributed by atoms with Gasteiger partial charge in [0.25, 0.3) is 5.56 Å². The lowest BCUT2D eigenvalue weighted by molar-refractivity contribution is -0.158. The number of carbonyl (C=O) groups is 3. The maximum atomic E-state index is 13.3. The number of imide groups is 2. The van der Waals surface area contributed by atoms with Gasteiger partial charge >= 0.3 is 6.03 Å².